The van der Waals surface area contributed by atoms with Crippen LogP contribution < -0.4 is 0 Å². The lowest BCUT2D eigenvalue weighted by Crippen LogP contribution is -2.45. The van der Waals surface area contributed by atoms with Gasteiger partial charge in [-0.15, -0.1) is 0 Å². The van der Waals surface area contributed by atoms with Crippen molar-refractivity contribution in [3.8, 4) is 6.07 Å². The second-order valence-electron chi connectivity index (χ2n) is 4.48. The van der Waals surface area contributed by atoms with Gasteiger partial charge in [-0.3, -0.25) is 4.79 Å². The molecule has 1 fully saturated rings. The van der Waals surface area contributed by atoms with E-state index in [-0.39, 0.29) is 5.91 Å². The molecule has 0 heterocycles. The van der Waals surface area contributed by atoms with E-state index in [1.165, 1.54) is 0 Å². The molecule has 1 aliphatic rings. The molecule has 0 aromatic carbocycles. The molecular formula is C12H20N2O. The molecule has 3 nitrogen and oxygen atoms in total. The Balaban J connectivity index is 2.42. The van der Waals surface area contributed by atoms with Crippen molar-refractivity contribution in [2.45, 2.75) is 45.4 Å². The Bertz CT molecular complexity index is 263. The molecule has 84 valence electrons. The van der Waals surface area contributed by atoms with Crippen molar-refractivity contribution >= 4 is 5.91 Å². The zero-order valence-electron chi connectivity index (χ0n) is 9.75. The van der Waals surface area contributed by atoms with Gasteiger partial charge < -0.3 is 4.90 Å². The fourth-order valence-corrected chi connectivity index (χ4v) is 1.97. The van der Waals surface area contributed by atoms with Crippen molar-refractivity contribution in [2.75, 3.05) is 13.6 Å². The Labute approximate surface area is 92.1 Å². The van der Waals surface area contributed by atoms with Crippen LogP contribution in [0, 0.1) is 16.7 Å². The predicted octanol–water partition coefficient (Wildman–Crippen LogP) is 2.33. The van der Waals surface area contributed by atoms with Crippen LogP contribution in [-0.4, -0.2) is 24.4 Å². The summed E-state index contributed by atoms with van der Waals surface area (Å²) in [4.78, 5) is 13.7. The molecule has 0 radical (unpaired) electrons. The molecule has 1 aliphatic carbocycles. The monoisotopic (exact) mass is 208 g/mol. The van der Waals surface area contributed by atoms with Crippen LogP contribution in [0.4, 0.5) is 0 Å². The van der Waals surface area contributed by atoms with Crippen LogP contribution >= 0.6 is 0 Å². The van der Waals surface area contributed by atoms with Gasteiger partial charge in [0.1, 0.15) is 5.41 Å². The molecule has 0 N–H and O–H groups in total. The number of carbonyl (C=O) groups is 1. The lowest BCUT2D eigenvalue weighted by molar-refractivity contribution is -0.141. The fraction of sp³-hybridized carbons (Fsp3) is 0.833. The van der Waals surface area contributed by atoms with Crippen LogP contribution in [0.15, 0.2) is 0 Å². The van der Waals surface area contributed by atoms with Gasteiger partial charge >= 0.3 is 0 Å². The maximum Gasteiger partial charge on any atom is 0.242 e. The predicted molar refractivity (Wildman–Crippen MR) is 59.1 cm³/mol. The minimum atomic E-state index is -0.666. The first kappa shape index (κ1) is 12.0. The van der Waals surface area contributed by atoms with Gasteiger partial charge in [0.25, 0.3) is 0 Å². The Hall–Kier alpha value is -1.04. The van der Waals surface area contributed by atoms with Crippen LogP contribution in [0.3, 0.4) is 0 Å². The molecule has 0 bridgehead atoms. The highest BCUT2D eigenvalue weighted by atomic mass is 16.2. The van der Waals surface area contributed by atoms with Crippen molar-refractivity contribution in [1.29, 1.82) is 5.26 Å². The Morgan fingerprint density at radius 1 is 1.47 bits per heavy atom. The summed E-state index contributed by atoms with van der Waals surface area (Å²) in [6.07, 6.45) is 5.87. The zero-order chi connectivity index (χ0) is 11.3. The summed E-state index contributed by atoms with van der Waals surface area (Å²) in [6, 6.07) is 2.19. The van der Waals surface area contributed by atoms with Crippen molar-refractivity contribution in [1.82, 2.24) is 4.90 Å². The summed E-state index contributed by atoms with van der Waals surface area (Å²) in [6.45, 7) is 2.93. The molecule has 0 spiro atoms. The maximum atomic E-state index is 12.0. The van der Waals surface area contributed by atoms with E-state index in [4.69, 9.17) is 5.26 Å². The van der Waals surface area contributed by atoms with Gasteiger partial charge in [-0.1, -0.05) is 19.8 Å². The second-order valence-corrected chi connectivity index (χ2v) is 4.48. The molecule has 0 aromatic heterocycles. The third-order valence-corrected chi connectivity index (χ3v) is 3.27. The summed E-state index contributed by atoms with van der Waals surface area (Å²) < 4.78 is 0. The summed E-state index contributed by atoms with van der Waals surface area (Å²) in [5, 5.41) is 9.03. The highest BCUT2D eigenvalue weighted by Gasteiger charge is 2.45. The van der Waals surface area contributed by atoms with E-state index in [1.54, 1.807) is 4.90 Å². The third-order valence-electron chi connectivity index (χ3n) is 3.27. The van der Waals surface area contributed by atoms with Crippen LogP contribution in [0.25, 0.3) is 0 Å². The summed E-state index contributed by atoms with van der Waals surface area (Å²) in [5.74, 6) is 0.0346. The zero-order valence-corrected chi connectivity index (χ0v) is 9.75. The number of nitrogens with zero attached hydrogens (tertiary/aromatic N) is 2. The molecule has 0 aliphatic heterocycles. The van der Waals surface area contributed by atoms with Gasteiger partial charge in [0.05, 0.1) is 6.07 Å². The number of hydrogen-bond acceptors (Lipinski definition) is 2. The molecule has 0 atom stereocenters. The highest BCUT2D eigenvalue weighted by molar-refractivity contribution is 5.86. The van der Waals surface area contributed by atoms with Gasteiger partial charge in [-0.25, -0.2) is 0 Å². The largest absolute Gasteiger partial charge is 0.344 e. The number of nitriles is 1. The van der Waals surface area contributed by atoms with Gasteiger partial charge in [0.2, 0.25) is 5.91 Å². The molecule has 0 saturated heterocycles. The lowest BCUT2D eigenvalue weighted by atomic mass is 9.69. The van der Waals surface area contributed by atoms with Gasteiger partial charge in [0.15, 0.2) is 0 Å². The van der Waals surface area contributed by atoms with E-state index in [0.29, 0.717) is 0 Å². The third kappa shape index (κ3) is 2.50. The number of hydrogen-bond donors (Lipinski definition) is 0. The molecular weight excluding hydrogens is 188 g/mol. The minimum Gasteiger partial charge on any atom is -0.344 e. The van der Waals surface area contributed by atoms with E-state index in [1.807, 2.05) is 7.05 Å². The van der Waals surface area contributed by atoms with Gasteiger partial charge in [-0.05, 0) is 25.7 Å². The number of carbonyl (C=O) groups excluding carboxylic acids is 1. The summed E-state index contributed by atoms with van der Waals surface area (Å²) >= 11 is 0. The number of unbranched alkanes of at least 4 members (excludes halogenated alkanes) is 2. The SMILES string of the molecule is CCCCCN(C)C(=O)C1(C#N)CCC1. The topological polar surface area (TPSA) is 44.1 Å². The standard InChI is InChI=1S/C12H20N2O/c1-3-4-5-9-14(2)11(15)12(10-13)7-6-8-12/h3-9H2,1-2H3. The van der Waals surface area contributed by atoms with E-state index in [0.717, 1.165) is 45.1 Å². The smallest absolute Gasteiger partial charge is 0.242 e. The molecule has 15 heavy (non-hydrogen) atoms. The molecule has 1 saturated carbocycles. The van der Waals surface area contributed by atoms with Gasteiger partial charge in [-0.2, -0.15) is 5.26 Å². The molecule has 0 unspecified atom stereocenters. The van der Waals surface area contributed by atoms with Crippen LogP contribution in [-0.2, 0) is 4.79 Å². The van der Waals surface area contributed by atoms with Crippen LogP contribution in [0.2, 0.25) is 0 Å². The van der Waals surface area contributed by atoms with Crippen molar-refractivity contribution < 1.29 is 4.79 Å². The first-order chi connectivity index (χ1) is 7.16. The van der Waals surface area contributed by atoms with E-state index in [2.05, 4.69) is 13.0 Å². The van der Waals surface area contributed by atoms with Crippen molar-refractivity contribution in [3.63, 3.8) is 0 Å². The van der Waals surface area contributed by atoms with E-state index < -0.39 is 5.41 Å². The van der Waals surface area contributed by atoms with Crippen molar-refractivity contribution in [3.05, 3.63) is 0 Å². The Morgan fingerprint density at radius 2 is 2.13 bits per heavy atom. The fourth-order valence-electron chi connectivity index (χ4n) is 1.97. The van der Waals surface area contributed by atoms with Crippen LogP contribution in [0.5, 0.6) is 0 Å². The van der Waals surface area contributed by atoms with Crippen molar-refractivity contribution in [2.24, 2.45) is 5.41 Å². The van der Waals surface area contributed by atoms with Gasteiger partial charge in [0, 0.05) is 13.6 Å². The summed E-state index contributed by atoms with van der Waals surface area (Å²) in [7, 11) is 1.81. The van der Waals surface area contributed by atoms with E-state index in [9.17, 15) is 4.79 Å². The number of amides is 1. The minimum absolute atomic E-state index is 0.0346. The molecule has 3 heteroatoms. The summed E-state index contributed by atoms with van der Waals surface area (Å²) in [5.41, 5.74) is -0.666. The average Bonchev–Trinajstić information content (AvgIpc) is 2.17. The Kier molecular flexibility index (Phi) is 4.14. The average molecular weight is 208 g/mol. The second kappa shape index (κ2) is 5.16. The quantitative estimate of drug-likeness (QED) is 0.651. The molecule has 1 amide bonds. The molecule has 1 rings (SSSR count). The Morgan fingerprint density at radius 3 is 2.53 bits per heavy atom. The normalized spacial score (nSPS) is 17.7. The molecule has 0 aromatic rings. The first-order valence-corrected chi connectivity index (χ1v) is 5.83. The highest BCUT2D eigenvalue weighted by Crippen LogP contribution is 2.41. The van der Waals surface area contributed by atoms with Crippen LogP contribution in [0.1, 0.15) is 45.4 Å². The first-order valence-electron chi connectivity index (χ1n) is 5.83. The number of rotatable bonds is 5. The lowest BCUT2D eigenvalue weighted by Gasteiger charge is -2.36. The van der Waals surface area contributed by atoms with E-state index >= 15 is 0 Å². The maximum absolute atomic E-state index is 12.0.